The average molecular weight is 307 g/mol. The molecule has 0 saturated carbocycles. The first-order valence-electron chi connectivity index (χ1n) is 7.17. The molecule has 1 saturated heterocycles. The molecule has 0 aliphatic carbocycles. The van der Waals surface area contributed by atoms with Crippen molar-refractivity contribution in [3.05, 3.63) is 23.3 Å². The van der Waals surface area contributed by atoms with Crippen LogP contribution in [0.4, 0.5) is 0 Å². The molecule has 2 rings (SSSR count). The summed E-state index contributed by atoms with van der Waals surface area (Å²) in [6, 6.07) is 3.01. The largest absolute Gasteiger partial charge is 0.496 e. The molecule has 120 valence electrons. The molecule has 6 heteroatoms. The summed E-state index contributed by atoms with van der Waals surface area (Å²) in [5, 5.41) is 9.18. The highest BCUT2D eigenvalue weighted by Gasteiger charge is 2.38. The number of carboxylic acids is 1. The van der Waals surface area contributed by atoms with Crippen LogP contribution in [0.25, 0.3) is 0 Å². The van der Waals surface area contributed by atoms with Crippen molar-refractivity contribution in [1.29, 1.82) is 0 Å². The van der Waals surface area contributed by atoms with Crippen molar-refractivity contribution in [3.8, 4) is 11.5 Å². The molecule has 2 atom stereocenters. The van der Waals surface area contributed by atoms with Gasteiger partial charge in [-0.15, -0.1) is 0 Å². The molecule has 1 aliphatic heterocycles. The number of nitrogens with zero attached hydrogens (tertiary/aromatic N) is 1. The Bertz CT molecular complexity index is 573. The number of methoxy groups -OCH3 is 2. The van der Waals surface area contributed by atoms with Gasteiger partial charge >= 0.3 is 5.97 Å². The lowest BCUT2D eigenvalue weighted by atomic mass is 10.0. The summed E-state index contributed by atoms with van der Waals surface area (Å²) < 4.78 is 10.6. The minimum atomic E-state index is -0.859. The molecule has 1 aromatic rings. The van der Waals surface area contributed by atoms with Gasteiger partial charge in [0, 0.05) is 23.7 Å². The van der Waals surface area contributed by atoms with Gasteiger partial charge in [0.1, 0.15) is 11.5 Å². The summed E-state index contributed by atoms with van der Waals surface area (Å²) in [6.07, 6.45) is 0.475. The quantitative estimate of drug-likeness (QED) is 0.920. The number of rotatable bonds is 4. The molecule has 2 unspecified atom stereocenters. The first-order chi connectivity index (χ1) is 10.4. The summed E-state index contributed by atoms with van der Waals surface area (Å²) in [5.41, 5.74) is 1.26. The third-order valence-corrected chi connectivity index (χ3v) is 4.33. The second-order valence-corrected chi connectivity index (χ2v) is 5.48. The summed E-state index contributed by atoms with van der Waals surface area (Å²) in [4.78, 5) is 25.5. The number of likely N-dealkylation sites (tertiary alicyclic amines) is 1. The second kappa shape index (κ2) is 6.25. The van der Waals surface area contributed by atoms with E-state index in [0.717, 1.165) is 5.56 Å². The number of carbonyl (C=O) groups is 2. The molecule has 6 nitrogen and oxygen atoms in total. The minimum Gasteiger partial charge on any atom is -0.496 e. The fourth-order valence-corrected chi connectivity index (χ4v) is 2.93. The number of carbonyl (C=O) groups excluding carboxylic acids is 1. The van der Waals surface area contributed by atoms with E-state index in [1.165, 1.54) is 14.2 Å². The van der Waals surface area contributed by atoms with E-state index in [1.807, 2.05) is 6.92 Å². The van der Waals surface area contributed by atoms with Gasteiger partial charge in [0.25, 0.3) is 5.91 Å². The van der Waals surface area contributed by atoms with Crippen LogP contribution in [0.5, 0.6) is 11.5 Å². The highest BCUT2D eigenvalue weighted by atomic mass is 16.5. The number of hydrogen-bond acceptors (Lipinski definition) is 4. The van der Waals surface area contributed by atoms with Gasteiger partial charge < -0.3 is 19.5 Å². The maximum atomic E-state index is 12.7. The fraction of sp³-hybridized carbons (Fsp3) is 0.500. The van der Waals surface area contributed by atoms with Crippen LogP contribution in [-0.4, -0.2) is 48.7 Å². The van der Waals surface area contributed by atoms with E-state index in [9.17, 15) is 14.7 Å². The lowest BCUT2D eigenvalue weighted by Crippen LogP contribution is -2.37. The van der Waals surface area contributed by atoms with Gasteiger partial charge in [-0.05, 0) is 32.4 Å². The predicted octanol–water partition coefficient (Wildman–Crippen LogP) is 1.95. The Morgan fingerprint density at radius 2 is 1.77 bits per heavy atom. The molecule has 0 aromatic heterocycles. The zero-order chi connectivity index (χ0) is 16.4. The van der Waals surface area contributed by atoms with E-state index in [0.29, 0.717) is 30.0 Å². The van der Waals surface area contributed by atoms with E-state index in [1.54, 1.807) is 24.0 Å². The Kier molecular flexibility index (Phi) is 4.59. The SMILES string of the molecule is COc1cc(C(=O)N2CCC(C(=O)O)C2C)cc(OC)c1C. The van der Waals surface area contributed by atoms with Crippen molar-refractivity contribution in [1.82, 2.24) is 4.90 Å². The Balaban J connectivity index is 2.32. The topological polar surface area (TPSA) is 76.1 Å². The zero-order valence-electron chi connectivity index (χ0n) is 13.3. The first-order valence-corrected chi connectivity index (χ1v) is 7.17. The molecule has 0 spiro atoms. The summed E-state index contributed by atoms with van der Waals surface area (Å²) in [5.74, 6) is -0.429. The number of carboxylic acid groups (broad SMARTS) is 1. The molecule has 1 N–H and O–H groups in total. The van der Waals surface area contributed by atoms with Gasteiger partial charge in [-0.25, -0.2) is 0 Å². The molecule has 0 radical (unpaired) electrons. The van der Waals surface area contributed by atoms with Crippen LogP contribution in [0.1, 0.15) is 29.3 Å². The number of hydrogen-bond donors (Lipinski definition) is 1. The standard InChI is InChI=1S/C16H21NO5/c1-9-13(21-3)7-11(8-14(9)22-4)15(18)17-6-5-12(10(17)2)16(19)20/h7-8,10,12H,5-6H2,1-4H3,(H,19,20). The Labute approximate surface area is 129 Å². The molecule has 0 bridgehead atoms. The fourth-order valence-electron chi connectivity index (χ4n) is 2.93. The summed E-state index contributed by atoms with van der Waals surface area (Å²) in [6.45, 7) is 4.06. The van der Waals surface area contributed by atoms with Crippen LogP contribution in [0, 0.1) is 12.8 Å². The number of amides is 1. The molecule has 1 aromatic carbocycles. The van der Waals surface area contributed by atoms with Gasteiger partial charge in [0.2, 0.25) is 0 Å². The van der Waals surface area contributed by atoms with Gasteiger partial charge in [-0.1, -0.05) is 0 Å². The van der Waals surface area contributed by atoms with Gasteiger partial charge in [0.05, 0.1) is 20.1 Å². The Morgan fingerprint density at radius 1 is 1.23 bits per heavy atom. The normalized spacial score (nSPS) is 20.8. The van der Waals surface area contributed by atoms with Crippen molar-refractivity contribution in [2.75, 3.05) is 20.8 Å². The first kappa shape index (κ1) is 16.1. The van der Waals surface area contributed by atoms with Crippen LogP contribution >= 0.6 is 0 Å². The monoisotopic (exact) mass is 307 g/mol. The molecule has 22 heavy (non-hydrogen) atoms. The van der Waals surface area contributed by atoms with Gasteiger partial charge in [0.15, 0.2) is 0 Å². The van der Waals surface area contributed by atoms with E-state index in [4.69, 9.17) is 9.47 Å². The Morgan fingerprint density at radius 3 is 2.18 bits per heavy atom. The molecular formula is C16H21NO5. The van der Waals surface area contributed by atoms with E-state index >= 15 is 0 Å². The second-order valence-electron chi connectivity index (χ2n) is 5.48. The Hall–Kier alpha value is -2.24. The van der Waals surface area contributed by atoms with Crippen LogP contribution in [-0.2, 0) is 4.79 Å². The van der Waals surface area contributed by atoms with Crippen LogP contribution in [0.2, 0.25) is 0 Å². The van der Waals surface area contributed by atoms with Crippen LogP contribution in [0.3, 0.4) is 0 Å². The highest BCUT2D eigenvalue weighted by molar-refractivity contribution is 5.96. The van der Waals surface area contributed by atoms with E-state index in [2.05, 4.69) is 0 Å². The third kappa shape index (κ3) is 2.73. The van der Waals surface area contributed by atoms with Gasteiger partial charge in [-0.3, -0.25) is 9.59 Å². The van der Waals surface area contributed by atoms with Crippen molar-refractivity contribution < 1.29 is 24.2 Å². The van der Waals surface area contributed by atoms with Crippen molar-refractivity contribution in [3.63, 3.8) is 0 Å². The number of aliphatic carboxylic acids is 1. The minimum absolute atomic E-state index is 0.201. The lowest BCUT2D eigenvalue weighted by Gasteiger charge is -2.24. The lowest BCUT2D eigenvalue weighted by molar-refractivity contribution is -0.142. The summed E-state index contributed by atoms with van der Waals surface area (Å²) >= 11 is 0. The molecule has 1 heterocycles. The van der Waals surface area contributed by atoms with Crippen molar-refractivity contribution in [2.45, 2.75) is 26.3 Å². The van der Waals surface area contributed by atoms with Crippen molar-refractivity contribution >= 4 is 11.9 Å². The molecule has 1 fully saturated rings. The predicted molar refractivity (Wildman–Crippen MR) is 80.5 cm³/mol. The smallest absolute Gasteiger partial charge is 0.308 e. The van der Waals surface area contributed by atoms with Crippen LogP contribution < -0.4 is 9.47 Å². The highest BCUT2D eigenvalue weighted by Crippen LogP contribution is 2.32. The van der Waals surface area contributed by atoms with Crippen molar-refractivity contribution in [2.24, 2.45) is 5.92 Å². The van der Waals surface area contributed by atoms with Crippen LogP contribution in [0.15, 0.2) is 12.1 Å². The van der Waals surface area contributed by atoms with E-state index < -0.39 is 11.9 Å². The average Bonchev–Trinajstić information content (AvgIpc) is 2.88. The molecule has 1 amide bonds. The molecular weight excluding hydrogens is 286 g/mol. The zero-order valence-corrected chi connectivity index (χ0v) is 13.3. The summed E-state index contributed by atoms with van der Waals surface area (Å²) in [7, 11) is 3.07. The number of ether oxygens (including phenoxy) is 2. The maximum Gasteiger partial charge on any atom is 0.308 e. The third-order valence-electron chi connectivity index (χ3n) is 4.33. The number of benzene rings is 1. The molecule has 1 aliphatic rings. The van der Waals surface area contributed by atoms with Gasteiger partial charge in [-0.2, -0.15) is 0 Å². The maximum absolute atomic E-state index is 12.7. The van der Waals surface area contributed by atoms with E-state index in [-0.39, 0.29) is 11.9 Å².